The van der Waals surface area contributed by atoms with E-state index in [-0.39, 0.29) is 18.0 Å². The van der Waals surface area contributed by atoms with Crippen molar-refractivity contribution in [3.8, 4) is 0 Å². The molecule has 1 saturated heterocycles. The smallest absolute Gasteiger partial charge is 0.318 e. The Hall–Kier alpha value is -2.44. The quantitative estimate of drug-likeness (QED) is 0.886. The molecule has 27 heavy (non-hydrogen) atoms. The number of imidazole rings is 1. The number of likely N-dealkylation sites (tertiary alicyclic amines) is 1. The number of urea groups is 1. The number of carbonyl (C=O) groups is 1. The van der Waals surface area contributed by atoms with Crippen LogP contribution in [0, 0.1) is 17.6 Å². The molecule has 2 amide bonds. The number of halogens is 2. The van der Waals surface area contributed by atoms with Gasteiger partial charge in [-0.25, -0.2) is 18.6 Å². The molecule has 1 aliphatic carbocycles. The first-order valence-electron chi connectivity index (χ1n) is 9.50. The summed E-state index contributed by atoms with van der Waals surface area (Å²) in [5.74, 6) is -0.349. The molecule has 1 aliphatic heterocycles. The lowest BCUT2D eigenvalue weighted by Gasteiger charge is -2.34. The molecule has 144 valence electrons. The average molecular weight is 374 g/mol. The van der Waals surface area contributed by atoms with Crippen LogP contribution >= 0.6 is 0 Å². The molecule has 2 aromatic rings. The van der Waals surface area contributed by atoms with Gasteiger partial charge in [-0.2, -0.15) is 0 Å². The Balaban J connectivity index is 1.45. The van der Waals surface area contributed by atoms with E-state index in [1.165, 1.54) is 6.07 Å². The molecule has 2 unspecified atom stereocenters. The van der Waals surface area contributed by atoms with E-state index in [1.54, 1.807) is 17.2 Å². The van der Waals surface area contributed by atoms with Crippen LogP contribution in [0.5, 0.6) is 0 Å². The minimum Gasteiger partial charge on any atom is -0.336 e. The molecule has 0 radical (unpaired) electrons. The zero-order chi connectivity index (χ0) is 19.0. The second kappa shape index (κ2) is 7.29. The number of amides is 2. The fraction of sp³-hybridized carbons (Fsp3) is 0.500. The number of aryl methyl sites for hydroxylation is 1. The summed E-state index contributed by atoms with van der Waals surface area (Å²) in [6.45, 7) is 1.18. The highest BCUT2D eigenvalue weighted by Crippen LogP contribution is 2.40. The van der Waals surface area contributed by atoms with Gasteiger partial charge in [0, 0.05) is 38.4 Å². The Labute approximate surface area is 157 Å². The Morgan fingerprint density at radius 2 is 2.07 bits per heavy atom. The zero-order valence-corrected chi connectivity index (χ0v) is 15.4. The van der Waals surface area contributed by atoms with Crippen molar-refractivity contribution in [1.29, 1.82) is 0 Å². The van der Waals surface area contributed by atoms with Crippen molar-refractivity contribution in [2.75, 3.05) is 13.1 Å². The van der Waals surface area contributed by atoms with E-state index in [1.807, 2.05) is 17.8 Å². The minimum atomic E-state index is -0.841. The van der Waals surface area contributed by atoms with Gasteiger partial charge in [-0.05, 0) is 49.3 Å². The van der Waals surface area contributed by atoms with Crippen molar-refractivity contribution in [3.63, 3.8) is 0 Å². The fourth-order valence-corrected chi connectivity index (χ4v) is 3.92. The standard InChI is InChI=1S/C20H24F2N4O/c1-25-10-8-23-19(25)18(13-4-5-13)24-20(27)26-9-2-3-15(12-26)14-6-7-16(21)17(22)11-14/h6-8,10-11,13,15,18H,2-5,9,12H2,1H3,(H,24,27). The van der Waals surface area contributed by atoms with E-state index in [4.69, 9.17) is 0 Å². The van der Waals surface area contributed by atoms with Gasteiger partial charge in [0.25, 0.3) is 0 Å². The molecular formula is C20H24F2N4O. The number of hydrogen-bond donors (Lipinski definition) is 1. The first-order valence-corrected chi connectivity index (χ1v) is 9.50. The third-order valence-electron chi connectivity index (χ3n) is 5.63. The number of nitrogens with one attached hydrogen (secondary N) is 1. The van der Waals surface area contributed by atoms with E-state index >= 15 is 0 Å². The Kier molecular flexibility index (Phi) is 4.85. The van der Waals surface area contributed by atoms with Crippen molar-refractivity contribution in [2.24, 2.45) is 13.0 Å². The van der Waals surface area contributed by atoms with E-state index in [2.05, 4.69) is 10.3 Å². The van der Waals surface area contributed by atoms with Crippen molar-refractivity contribution in [3.05, 3.63) is 53.6 Å². The maximum Gasteiger partial charge on any atom is 0.318 e. The van der Waals surface area contributed by atoms with E-state index < -0.39 is 11.6 Å². The van der Waals surface area contributed by atoms with E-state index in [9.17, 15) is 13.6 Å². The Bertz CT molecular complexity index is 833. The summed E-state index contributed by atoms with van der Waals surface area (Å²) >= 11 is 0. The van der Waals surface area contributed by atoms with Crippen LogP contribution in [0.25, 0.3) is 0 Å². The molecule has 2 fully saturated rings. The summed E-state index contributed by atoms with van der Waals surface area (Å²) in [6, 6.07) is 3.84. The highest BCUT2D eigenvalue weighted by Gasteiger charge is 2.37. The SMILES string of the molecule is Cn1ccnc1C(NC(=O)N1CCCC(c2ccc(F)c(F)c2)C1)C1CC1. The molecule has 1 aromatic heterocycles. The van der Waals surface area contributed by atoms with Crippen LogP contribution in [-0.2, 0) is 7.05 Å². The van der Waals surface area contributed by atoms with Crippen molar-refractivity contribution in [1.82, 2.24) is 19.8 Å². The van der Waals surface area contributed by atoms with Crippen molar-refractivity contribution in [2.45, 2.75) is 37.6 Å². The highest BCUT2D eigenvalue weighted by molar-refractivity contribution is 5.75. The van der Waals surface area contributed by atoms with E-state index in [0.29, 0.717) is 19.0 Å². The molecule has 4 rings (SSSR count). The lowest BCUT2D eigenvalue weighted by molar-refractivity contribution is 0.173. The van der Waals surface area contributed by atoms with Crippen LogP contribution in [0.3, 0.4) is 0 Å². The van der Waals surface area contributed by atoms with Gasteiger partial charge in [-0.3, -0.25) is 0 Å². The molecule has 7 heteroatoms. The summed E-state index contributed by atoms with van der Waals surface area (Å²) in [4.78, 5) is 19.1. The normalized spacial score (nSPS) is 21.1. The number of benzene rings is 1. The number of hydrogen-bond acceptors (Lipinski definition) is 2. The van der Waals surface area contributed by atoms with Crippen LogP contribution in [0.1, 0.15) is 49.0 Å². The maximum atomic E-state index is 13.6. The molecule has 1 aromatic carbocycles. The van der Waals surface area contributed by atoms with Gasteiger partial charge in [-0.15, -0.1) is 0 Å². The second-order valence-corrected chi connectivity index (χ2v) is 7.62. The first kappa shape index (κ1) is 17.9. The molecule has 2 atom stereocenters. The van der Waals surface area contributed by atoms with Crippen LogP contribution in [-0.4, -0.2) is 33.6 Å². The van der Waals surface area contributed by atoms with Gasteiger partial charge in [-0.1, -0.05) is 6.07 Å². The molecule has 2 aliphatic rings. The number of rotatable bonds is 4. The first-order chi connectivity index (χ1) is 13.0. The fourth-order valence-electron chi connectivity index (χ4n) is 3.92. The van der Waals surface area contributed by atoms with Gasteiger partial charge in [0.05, 0.1) is 6.04 Å². The number of carbonyl (C=O) groups excluding carboxylic acids is 1. The van der Waals surface area contributed by atoms with E-state index in [0.717, 1.165) is 43.1 Å². The second-order valence-electron chi connectivity index (χ2n) is 7.62. The lowest BCUT2D eigenvalue weighted by Crippen LogP contribution is -2.46. The number of nitrogens with zero attached hydrogens (tertiary/aromatic N) is 3. The average Bonchev–Trinajstić information content (AvgIpc) is 3.43. The monoisotopic (exact) mass is 374 g/mol. The number of piperidine rings is 1. The predicted molar refractivity (Wildman–Crippen MR) is 97.1 cm³/mol. The van der Waals surface area contributed by atoms with Crippen LogP contribution in [0.2, 0.25) is 0 Å². The van der Waals surface area contributed by atoms with Crippen molar-refractivity contribution < 1.29 is 13.6 Å². The van der Waals surface area contributed by atoms with Gasteiger partial charge < -0.3 is 14.8 Å². The largest absolute Gasteiger partial charge is 0.336 e. The topological polar surface area (TPSA) is 50.2 Å². The molecule has 2 heterocycles. The van der Waals surface area contributed by atoms with Crippen LogP contribution in [0.4, 0.5) is 13.6 Å². The Morgan fingerprint density at radius 1 is 1.26 bits per heavy atom. The summed E-state index contributed by atoms with van der Waals surface area (Å²) in [5, 5.41) is 3.15. The molecule has 1 saturated carbocycles. The molecule has 0 spiro atoms. The Morgan fingerprint density at radius 3 is 2.74 bits per heavy atom. The van der Waals surface area contributed by atoms with Gasteiger partial charge in [0.15, 0.2) is 11.6 Å². The molecule has 1 N–H and O–H groups in total. The highest BCUT2D eigenvalue weighted by atomic mass is 19.2. The van der Waals surface area contributed by atoms with Crippen molar-refractivity contribution >= 4 is 6.03 Å². The van der Waals surface area contributed by atoms with Gasteiger partial charge in [0.1, 0.15) is 5.82 Å². The van der Waals surface area contributed by atoms with Crippen LogP contribution < -0.4 is 5.32 Å². The summed E-state index contributed by atoms with van der Waals surface area (Å²) in [6.07, 6.45) is 7.52. The van der Waals surface area contributed by atoms with Gasteiger partial charge >= 0.3 is 6.03 Å². The van der Waals surface area contributed by atoms with Crippen LogP contribution in [0.15, 0.2) is 30.6 Å². The number of aromatic nitrogens is 2. The molecule has 5 nitrogen and oxygen atoms in total. The lowest BCUT2D eigenvalue weighted by atomic mass is 9.90. The third kappa shape index (κ3) is 3.82. The summed E-state index contributed by atoms with van der Waals surface area (Å²) in [5.41, 5.74) is 0.745. The maximum absolute atomic E-state index is 13.6. The minimum absolute atomic E-state index is 0.0205. The molecule has 0 bridgehead atoms. The predicted octanol–water partition coefficient (Wildman–Crippen LogP) is 3.74. The summed E-state index contributed by atoms with van der Waals surface area (Å²) < 4.78 is 28.7. The summed E-state index contributed by atoms with van der Waals surface area (Å²) in [7, 11) is 1.93. The third-order valence-corrected chi connectivity index (χ3v) is 5.63. The van der Waals surface area contributed by atoms with Gasteiger partial charge in [0.2, 0.25) is 0 Å². The zero-order valence-electron chi connectivity index (χ0n) is 15.4. The molecular weight excluding hydrogens is 350 g/mol.